The summed E-state index contributed by atoms with van der Waals surface area (Å²) in [6, 6.07) is 3.07. The number of nitriles is 1. The molecule has 17 heavy (non-hydrogen) atoms. The molecule has 0 saturated carbocycles. The molecule has 0 aliphatic rings. The van der Waals surface area contributed by atoms with Crippen LogP contribution >= 0.6 is 15.9 Å². The minimum atomic E-state index is -3.59. The molecule has 1 unspecified atom stereocenters. The molecule has 1 atom stereocenters. The van der Waals surface area contributed by atoms with E-state index in [-0.39, 0.29) is 17.4 Å². The molecule has 1 aromatic heterocycles. The third kappa shape index (κ3) is 3.25. The topological polar surface area (TPSA) is 74.1 Å². The predicted molar refractivity (Wildman–Crippen MR) is 66.6 cm³/mol. The highest BCUT2D eigenvalue weighted by atomic mass is 79.9. The molecule has 1 aromatic rings. The molecule has 5 nitrogen and oxygen atoms in total. The van der Waals surface area contributed by atoms with E-state index in [1.54, 1.807) is 6.92 Å². The Morgan fingerprint density at radius 1 is 1.59 bits per heavy atom. The number of nitrogens with zero attached hydrogens (tertiary/aromatic N) is 3. The molecular formula is C10H12BrN3O2S. The van der Waals surface area contributed by atoms with Crippen LogP contribution in [0.5, 0.6) is 0 Å². The first-order valence-corrected chi connectivity index (χ1v) is 7.08. The lowest BCUT2D eigenvalue weighted by Gasteiger charge is -2.22. The second-order valence-corrected chi connectivity index (χ2v) is 6.48. The fraction of sp³-hybridized carbons (Fsp3) is 0.400. The molecule has 0 fully saturated rings. The summed E-state index contributed by atoms with van der Waals surface area (Å²) in [6.07, 6.45) is 2.95. The molecule has 7 heteroatoms. The summed E-state index contributed by atoms with van der Waals surface area (Å²) in [7, 11) is -2.14. The lowest BCUT2D eigenvalue weighted by molar-refractivity contribution is 0.393. The van der Waals surface area contributed by atoms with Crippen molar-refractivity contribution < 1.29 is 8.42 Å². The summed E-state index contributed by atoms with van der Waals surface area (Å²) in [6.45, 7) is 1.69. The molecule has 0 aliphatic carbocycles. The van der Waals surface area contributed by atoms with Crippen LogP contribution in [-0.2, 0) is 10.0 Å². The first kappa shape index (κ1) is 14.1. The molecule has 0 aliphatic heterocycles. The monoisotopic (exact) mass is 317 g/mol. The smallest absolute Gasteiger partial charge is 0.244 e. The fourth-order valence-electron chi connectivity index (χ4n) is 1.20. The first-order valence-electron chi connectivity index (χ1n) is 4.85. The normalized spacial score (nSPS) is 13.4. The second kappa shape index (κ2) is 5.58. The highest BCUT2D eigenvalue weighted by molar-refractivity contribution is 9.10. The summed E-state index contributed by atoms with van der Waals surface area (Å²) < 4.78 is 26.1. The van der Waals surface area contributed by atoms with Crippen LogP contribution in [0.25, 0.3) is 0 Å². The highest BCUT2D eigenvalue weighted by Gasteiger charge is 2.25. The van der Waals surface area contributed by atoms with E-state index < -0.39 is 10.0 Å². The maximum absolute atomic E-state index is 12.2. The molecule has 0 bridgehead atoms. The molecule has 0 saturated heterocycles. The Labute approximate surface area is 109 Å². The maximum Gasteiger partial charge on any atom is 0.244 e. The highest BCUT2D eigenvalue weighted by Crippen LogP contribution is 2.19. The molecule has 92 valence electrons. The van der Waals surface area contributed by atoms with Crippen LogP contribution in [-0.4, -0.2) is 30.8 Å². The SMILES string of the molecule is CC(CC#N)N(C)S(=O)(=O)c1cncc(Br)c1. The van der Waals surface area contributed by atoms with Crippen molar-refractivity contribution in [3.05, 3.63) is 22.9 Å². The molecule has 0 amide bonds. The van der Waals surface area contributed by atoms with Crippen LogP contribution in [0.15, 0.2) is 27.8 Å². The number of hydrogen-bond acceptors (Lipinski definition) is 4. The Bertz CT molecular complexity index is 539. The van der Waals surface area contributed by atoms with Gasteiger partial charge in [0, 0.05) is 30.0 Å². The minimum absolute atomic E-state index is 0.110. The van der Waals surface area contributed by atoms with Gasteiger partial charge < -0.3 is 0 Å². The lowest BCUT2D eigenvalue weighted by Crippen LogP contribution is -2.34. The largest absolute Gasteiger partial charge is 0.262 e. The van der Waals surface area contributed by atoms with Gasteiger partial charge in [0.2, 0.25) is 10.0 Å². The van der Waals surface area contributed by atoms with E-state index in [9.17, 15) is 8.42 Å². The van der Waals surface area contributed by atoms with Gasteiger partial charge in [0.1, 0.15) is 4.90 Å². The Balaban J connectivity index is 3.08. The maximum atomic E-state index is 12.2. The van der Waals surface area contributed by atoms with Crippen molar-refractivity contribution in [1.82, 2.24) is 9.29 Å². The Morgan fingerprint density at radius 3 is 2.76 bits per heavy atom. The van der Waals surface area contributed by atoms with Gasteiger partial charge in [-0.25, -0.2) is 8.42 Å². The molecule has 1 rings (SSSR count). The molecule has 0 radical (unpaired) electrons. The van der Waals surface area contributed by atoms with E-state index >= 15 is 0 Å². The number of aromatic nitrogens is 1. The van der Waals surface area contributed by atoms with E-state index in [0.29, 0.717) is 4.47 Å². The van der Waals surface area contributed by atoms with Crippen LogP contribution in [0, 0.1) is 11.3 Å². The van der Waals surface area contributed by atoms with Gasteiger partial charge in [0.15, 0.2) is 0 Å². The van der Waals surface area contributed by atoms with Crippen molar-refractivity contribution >= 4 is 26.0 Å². The summed E-state index contributed by atoms with van der Waals surface area (Å²) in [4.78, 5) is 3.93. The number of hydrogen-bond donors (Lipinski definition) is 0. The van der Waals surface area contributed by atoms with E-state index in [4.69, 9.17) is 5.26 Å². The van der Waals surface area contributed by atoms with Gasteiger partial charge in [-0.1, -0.05) is 0 Å². The standard InChI is InChI=1S/C10H12BrN3O2S/c1-8(3-4-12)14(2)17(15,16)10-5-9(11)6-13-7-10/h5-8H,3H2,1-2H3. The van der Waals surface area contributed by atoms with E-state index in [0.717, 1.165) is 0 Å². The van der Waals surface area contributed by atoms with Crippen LogP contribution < -0.4 is 0 Å². The van der Waals surface area contributed by atoms with Gasteiger partial charge in [-0.3, -0.25) is 4.98 Å². The molecule has 1 heterocycles. The van der Waals surface area contributed by atoms with Gasteiger partial charge in [-0.05, 0) is 28.9 Å². The number of rotatable bonds is 4. The zero-order valence-electron chi connectivity index (χ0n) is 9.46. The van der Waals surface area contributed by atoms with Gasteiger partial charge in [0.05, 0.1) is 12.5 Å². The van der Waals surface area contributed by atoms with Crippen molar-refractivity contribution in [2.24, 2.45) is 0 Å². The molecular weight excluding hydrogens is 306 g/mol. The molecule has 0 spiro atoms. The van der Waals surface area contributed by atoms with Crippen molar-refractivity contribution in [3.63, 3.8) is 0 Å². The number of sulfonamides is 1. The third-order valence-corrected chi connectivity index (χ3v) is 4.73. The van der Waals surface area contributed by atoms with Crippen LogP contribution in [0.3, 0.4) is 0 Å². The zero-order valence-corrected chi connectivity index (χ0v) is 11.9. The van der Waals surface area contributed by atoms with Crippen LogP contribution in [0.2, 0.25) is 0 Å². The van der Waals surface area contributed by atoms with E-state index in [1.807, 2.05) is 6.07 Å². The average molecular weight is 318 g/mol. The van der Waals surface area contributed by atoms with Gasteiger partial charge >= 0.3 is 0 Å². The van der Waals surface area contributed by atoms with Crippen molar-refractivity contribution in [2.45, 2.75) is 24.3 Å². The Morgan fingerprint density at radius 2 is 2.24 bits per heavy atom. The quantitative estimate of drug-likeness (QED) is 0.848. The molecule has 0 N–H and O–H groups in total. The fourth-order valence-corrected chi connectivity index (χ4v) is 3.06. The Kier molecular flexibility index (Phi) is 4.62. The minimum Gasteiger partial charge on any atom is -0.262 e. The number of pyridine rings is 1. The first-order chi connectivity index (χ1) is 7.89. The number of halogens is 1. The third-order valence-electron chi connectivity index (χ3n) is 2.36. The summed E-state index contributed by atoms with van der Waals surface area (Å²) in [5.41, 5.74) is 0. The summed E-state index contributed by atoms with van der Waals surface area (Å²) in [5, 5.41) is 8.57. The van der Waals surface area contributed by atoms with Gasteiger partial charge in [-0.15, -0.1) is 0 Å². The van der Waals surface area contributed by atoms with Gasteiger partial charge in [0.25, 0.3) is 0 Å². The average Bonchev–Trinajstić information content (AvgIpc) is 2.28. The van der Waals surface area contributed by atoms with Crippen LogP contribution in [0.1, 0.15) is 13.3 Å². The second-order valence-electron chi connectivity index (χ2n) is 3.57. The van der Waals surface area contributed by atoms with Crippen molar-refractivity contribution in [3.8, 4) is 6.07 Å². The van der Waals surface area contributed by atoms with E-state index in [1.165, 1.54) is 29.8 Å². The predicted octanol–water partition coefficient (Wildman–Crippen LogP) is 1.77. The van der Waals surface area contributed by atoms with Crippen molar-refractivity contribution in [1.29, 1.82) is 5.26 Å². The van der Waals surface area contributed by atoms with Crippen LogP contribution in [0.4, 0.5) is 0 Å². The lowest BCUT2D eigenvalue weighted by atomic mass is 10.3. The van der Waals surface area contributed by atoms with E-state index in [2.05, 4.69) is 20.9 Å². The summed E-state index contributed by atoms with van der Waals surface area (Å²) in [5.74, 6) is 0. The zero-order chi connectivity index (χ0) is 13.1. The molecule has 0 aromatic carbocycles. The summed E-state index contributed by atoms with van der Waals surface area (Å²) >= 11 is 3.17. The Hall–Kier alpha value is -0.970. The van der Waals surface area contributed by atoms with Crippen molar-refractivity contribution in [2.75, 3.05) is 7.05 Å². The van der Waals surface area contributed by atoms with Gasteiger partial charge in [-0.2, -0.15) is 9.57 Å².